The summed E-state index contributed by atoms with van der Waals surface area (Å²) in [5, 5.41) is 3.25. The maximum atomic E-state index is 12.4. The summed E-state index contributed by atoms with van der Waals surface area (Å²) in [5.74, 6) is 0.202. The molecule has 0 aromatic carbocycles. The molecule has 0 aromatic heterocycles. The predicted molar refractivity (Wildman–Crippen MR) is 76.5 cm³/mol. The van der Waals surface area contributed by atoms with Crippen molar-refractivity contribution in [2.75, 3.05) is 19.6 Å². The molecule has 0 atom stereocenters. The third kappa shape index (κ3) is 3.58. The van der Waals surface area contributed by atoms with Crippen LogP contribution in [-0.4, -0.2) is 36.0 Å². The highest BCUT2D eigenvalue weighted by atomic mass is 16.2. The van der Waals surface area contributed by atoms with E-state index < -0.39 is 5.54 Å². The Kier molecular flexibility index (Phi) is 4.60. The molecule has 0 spiro atoms. The van der Waals surface area contributed by atoms with Crippen molar-refractivity contribution in [1.29, 1.82) is 0 Å². The smallest absolute Gasteiger partial charge is 0.242 e. The van der Waals surface area contributed by atoms with Gasteiger partial charge in [-0.05, 0) is 32.2 Å². The first-order valence-electron chi connectivity index (χ1n) is 6.92. The minimum Gasteiger partial charge on any atom is -0.337 e. The lowest BCUT2D eigenvalue weighted by atomic mass is 9.82. The predicted octanol–water partition coefficient (Wildman–Crippen LogP) is 2.58. The second kappa shape index (κ2) is 5.43. The minimum atomic E-state index is -0.457. The molecular formula is C15H28N2O. The van der Waals surface area contributed by atoms with E-state index in [1.807, 2.05) is 25.7 Å². The molecule has 1 amide bonds. The number of carbonyl (C=O) groups is 1. The van der Waals surface area contributed by atoms with Crippen LogP contribution in [0.5, 0.6) is 0 Å². The topological polar surface area (TPSA) is 32.3 Å². The number of nitrogens with one attached hydrogen (secondary N) is 1. The number of nitrogens with zero attached hydrogens (tertiary/aromatic N) is 1. The Labute approximate surface area is 112 Å². The number of hydrogen-bond donors (Lipinski definition) is 1. The van der Waals surface area contributed by atoms with Gasteiger partial charge < -0.3 is 10.2 Å². The van der Waals surface area contributed by atoms with Gasteiger partial charge in [0.05, 0.1) is 5.54 Å². The van der Waals surface area contributed by atoms with E-state index in [1.54, 1.807) is 0 Å². The highest BCUT2D eigenvalue weighted by Crippen LogP contribution is 2.30. The normalized spacial score (nSPS) is 17.7. The van der Waals surface area contributed by atoms with E-state index in [4.69, 9.17) is 0 Å². The first-order chi connectivity index (χ1) is 8.18. The number of carbonyl (C=O) groups excluding carboxylic acids is 1. The third-order valence-corrected chi connectivity index (χ3v) is 3.61. The van der Waals surface area contributed by atoms with Gasteiger partial charge in [-0.3, -0.25) is 4.79 Å². The molecule has 18 heavy (non-hydrogen) atoms. The summed E-state index contributed by atoms with van der Waals surface area (Å²) in [5.41, 5.74) is 1.24. The van der Waals surface area contributed by atoms with Gasteiger partial charge in [-0.1, -0.05) is 39.3 Å². The molecule has 3 nitrogen and oxygen atoms in total. The van der Waals surface area contributed by atoms with Gasteiger partial charge in [0.25, 0.3) is 0 Å². The average Bonchev–Trinajstić information content (AvgIpc) is 2.27. The first-order valence-corrected chi connectivity index (χ1v) is 6.92. The largest absolute Gasteiger partial charge is 0.337 e. The molecule has 0 fully saturated rings. The Morgan fingerprint density at radius 2 is 1.94 bits per heavy atom. The zero-order valence-corrected chi connectivity index (χ0v) is 12.8. The molecule has 0 aromatic rings. The van der Waals surface area contributed by atoms with E-state index in [2.05, 4.69) is 32.2 Å². The monoisotopic (exact) mass is 252 g/mol. The minimum absolute atomic E-state index is 0.202. The Balaban J connectivity index is 2.69. The Bertz CT molecular complexity index is 337. The Morgan fingerprint density at radius 1 is 1.33 bits per heavy atom. The van der Waals surface area contributed by atoms with Crippen molar-refractivity contribution in [2.24, 2.45) is 5.41 Å². The van der Waals surface area contributed by atoms with Gasteiger partial charge in [0.1, 0.15) is 0 Å². The van der Waals surface area contributed by atoms with Gasteiger partial charge in [0, 0.05) is 13.1 Å². The Morgan fingerprint density at radius 3 is 2.33 bits per heavy atom. The van der Waals surface area contributed by atoms with Gasteiger partial charge in [-0.2, -0.15) is 0 Å². The van der Waals surface area contributed by atoms with Crippen molar-refractivity contribution < 1.29 is 4.79 Å². The summed E-state index contributed by atoms with van der Waals surface area (Å²) in [6, 6.07) is 0. The molecule has 0 saturated carbocycles. The molecule has 1 heterocycles. The molecule has 1 N–H and O–H groups in total. The number of hydrogen-bond acceptors (Lipinski definition) is 2. The van der Waals surface area contributed by atoms with E-state index in [9.17, 15) is 4.79 Å². The fraction of sp³-hybridized carbons (Fsp3) is 0.800. The molecule has 1 aliphatic heterocycles. The van der Waals surface area contributed by atoms with Crippen LogP contribution in [0.25, 0.3) is 0 Å². The zero-order valence-electron chi connectivity index (χ0n) is 12.8. The quantitative estimate of drug-likeness (QED) is 0.783. The second-order valence-electron chi connectivity index (χ2n) is 6.64. The molecule has 0 saturated heterocycles. The van der Waals surface area contributed by atoms with Crippen LogP contribution in [0, 0.1) is 5.41 Å². The second-order valence-corrected chi connectivity index (χ2v) is 6.64. The van der Waals surface area contributed by atoms with Crippen LogP contribution in [-0.2, 0) is 4.79 Å². The summed E-state index contributed by atoms with van der Waals surface area (Å²) in [4.78, 5) is 14.4. The van der Waals surface area contributed by atoms with Gasteiger partial charge >= 0.3 is 0 Å². The average molecular weight is 252 g/mol. The number of amides is 1. The molecule has 104 valence electrons. The molecule has 1 aliphatic rings. The summed E-state index contributed by atoms with van der Waals surface area (Å²) >= 11 is 0. The van der Waals surface area contributed by atoms with E-state index in [0.29, 0.717) is 0 Å². The first kappa shape index (κ1) is 15.2. The van der Waals surface area contributed by atoms with E-state index in [1.165, 1.54) is 5.57 Å². The van der Waals surface area contributed by atoms with Gasteiger partial charge in [-0.15, -0.1) is 0 Å². The van der Waals surface area contributed by atoms with E-state index in [0.717, 1.165) is 26.1 Å². The molecule has 0 unspecified atom stereocenters. The van der Waals surface area contributed by atoms with Gasteiger partial charge in [0.15, 0.2) is 0 Å². The summed E-state index contributed by atoms with van der Waals surface area (Å²) in [7, 11) is 0. The molecule has 0 aliphatic carbocycles. The summed E-state index contributed by atoms with van der Waals surface area (Å²) in [6.07, 6.45) is 3.22. The molecular weight excluding hydrogens is 224 g/mol. The highest BCUT2D eigenvalue weighted by Gasteiger charge is 2.32. The Hall–Kier alpha value is -0.830. The van der Waals surface area contributed by atoms with Crippen LogP contribution in [0.2, 0.25) is 0 Å². The van der Waals surface area contributed by atoms with Crippen molar-refractivity contribution in [2.45, 2.75) is 53.5 Å². The van der Waals surface area contributed by atoms with Crippen LogP contribution >= 0.6 is 0 Å². The lowest BCUT2D eigenvalue weighted by molar-refractivity contribution is -0.136. The van der Waals surface area contributed by atoms with Gasteiger partial charge in [0.2, 0.25) is 5.91 Å². The van der Waals surface area contributed by atoms with E-state index in [-0.39, 0.29) is 11.3 Å². The zero-order chi connectivity index (χ0) is 14.0. The van der Waals surface area contributed by atoms with Crippen LogP contribution in [0.15, 0.2) is 11.6 Å². The summed E-state index contributed by atoms with van der Waals surface area (Å²) in [6.45, 7) is 15.1. The lowest BCUT2D eigenvalue weighted by Gasteiger charge is -2.36. The molecule has 3 heteroatoms. The fourth-order valence-electron chi connectivity index (χ4n) is 2.45. The summed E-state index contributed by atoms with van der Waals surface area (Å²) < 4.78 is 0. The van der Waals surface area contributed by atoms with Gasteiger partial charge in [-0.25, -0.2) is 0 Å². The SMILES string of the molecule is CCNC(C)(C)C(=O)N1CC=C(C(C)(C)C)CC1. The van der Waals surface area contributed by atoms with Crippen molar-refractivity contribution in [1.82, 2.24) is 10.2 Å². The highest BCUT2D eigenvalue weighted by molar-refractivity contribution is 5.85. The van der Waals surface area contributed by atoms with E-state index >= 15 is 0 Å². The molecule has 0 bridgehead atoms. The van der Waals surface area contributed by atoms with Crippen LogP contribution in [0.3, 0.4) is 0 Å². The number of likely N-dealkylation sites (N-methyl/N-ethyl adjacent to an activating group) is 1. The van der Waals surface area contributed by atoms with Crippen LogP contribution < -0.4 is 5.32 Å². The van der Waals surface area contributed by atoms with Crippen molar-refractivity contribution in [3.63, 3.8) is 0 Å². The van der Waals surface area contributed by atoms with Crippen molar-refractivity contribution >= 4 is 5.91 Å². The number of rotatable bonds is 3. The molecule has 0 radical (unpaired) electrons. The van der Waals surface area contributed by atoms with Crippen molar-refractivity contribution in [3.8, 4) is 0 Å². The third-order valence-electron chi connectivity index (χ3n) is 3.61. The maximum absolute atomic E-state index is 12.4. The van der Waals surface area contributed by atoms with Crippen LogP contribution in [0.1, 0.15) is 48.0 Å². The van der Waals surface area contributed by atoms with Crippen molar-refractivity contribution in [3.05, 3.63) is 11.6 Å². The standard InChI is InChI=1S/C15H28N2O/c1-7-16-15(5,6)13(18)17-10-8-12(9-11-17)14(2,3)4/h8,16H,7,9-11H2,1-6H3. The van der Waals surface area contributed by atoms with Crippen LogP contribution in [0.4, 0.5) is 0 Å². The molecule has 1 rings (SSSR count). The fourth-order valence-corrected chi connectivity index (χ4v) is 2.45. The maximum Gasteiger partial charge on any atom is 0.242 e. The lowest BCUT2D eigenvalue weighted by Crippen LogP contribution is -2.55.